The zero-order valence-corrected chi connectivity index (χ0v) is 16.1. The third-order valence-electron chi connectivity index (χ3n) is 7.18. The van der Waals surface area contributed by atoms with Crippen molar-refractivity contribution in [3.05, 3.63) is 0 Å². The van der Waals surface area contributed by atoms with Gasteiger partial charge < -0.3 is 10.2 Å². The average Bonchev–Trinajstić information content (AvgIpc) is 3.16. The minimum atomic E-state index is 0.353. The molecule has 4 nitrogen and oxygen atoms in total. The lowest BCUT2D eigenvalue weighted by atomic mass is 9.93. The van der Waals surface area contributed by atoms with Crippen LogP contribution in [0.15, 0.2) is 0 Å². The molecule has 4 rings (SSSR count). The topological polar surface area (TPSA) is 21.8 Å². The number of nitrogens with one attached hydrogen (secondary N) is 1. The lowest BCUT2D eigenvalue weighted by Gasteiger charge is -2.44. The Morgan fingerprint density at radius 3 is 2.17 bits per heavy atom. The van der Waals surface area contributed by atoms with E-state index in [4.69, 9.17) is 0 Å². The first-order chi connectivity index (χ1) is 11.5. The Kier molecular flexibility index (Phi) is 4.94. The summed E-state index contributed by atoms with van der Waals surface area (Å²) in [5.41, 5.74) is 0.353. The van der Waals surface area contributed by atoms with Gasteiger partial charge in [0.15, 0.2) is 0 Å². The van der Waals surface area contributed by atoms with Crippen LogP contribution in [0.3, 0.4) is 0 Å². The molecular weight excluding hydrogens is 296 g/mol. The van der Waals surface area contributed by atoms with Crippen LogP contribution >= 0.6 is 0 Å². The molecular formula is C20H38N4. The predicted molar refractivity (Wildman–Crippen MR) is 100 cm³/mol. The maximum absolute atomic E-state index is 3.50. The van der Waals surface area contributed by atoms with Crippen molar-refractivity contribution in [1.29, 1.82) is 0 Å². The molecule has 0 saturated carbocycles. The molecule has 0 radical (unpaired) electrons. The normalized spacial score (nSPS) is 35.1. The van der Waals surface area contributed by atoms with Crippen molar-refractivity contribution in [3.63, 3.8) is 0 Å². The Balaban J connectivity index is 1.23. The molecule has 24 heavy (non-hydrogen) atoms. The third kappa shape index (κ3) is 3.53. The second kappa shape index (κ2) is 6.86. The van der Waals surface area contributed by atoms with Crippen molar-refractivity contribution in [2.45, 2.75) is 76.5 Å². The summed E-state index contributed by atoms with van der Waals surface area (Å²) in [6.45, 7) is 16.3. The first-order valence-electron chi connectivity index (χ1n) is 10.5. The van der Waals surface area contributed by atoms with Gasteiger partial charge in [-0.25, -0.2) is 0 Å². The van der Waals surface area contributed by atoms with Crippen molar-refractivity contribution >= 4 is 0 Å². The van der Waals surface area contributed by atoms with E-state index in [-0.39, 0.29) is 0 Å². The molecule has 4 heteroatoms. The Labute approximate surface area is 148 Å². The van der Waals surface area contributed by atoms with E-state index in [1.807, 2.05) is 0 Å². The van der Waals surface area contributed by atoms with Crippen LogP contribution in [0.25, 0.3) is 0 Å². The van der Waals surface area contributed by atoms with Crippen LogP contribution in [0, 0.1) is 5.92 Å². The fourth-order valence-corrected chi connectivity index (χ4v) is 5.80. The summed E-state index contributed by atoms with van der Waals surface area (Å²) >= 11 is 0. The fourth-order valence-electron chi connectivity index (χ4n) is 5.80. The molecule has 0 aliphatic carbocycles. The van der Waals surface area contributed by atoms with Crippen molar-refractivity contribution in [2.75, 3.05) is 45.8 Å². The Hall–Kier alpha value is -0.160. The number of piperidine rings is 2. The van der Waals surface area contributed by atoms with Crippen LogP contribution in [-0.4, -0.2) is 84.2 Å². The molecule has 4 fully saturated rings. The number of likely N-dealkylation sites (tertiary alicyclic amines) is 3. The summed E-state index contributed by atoms with van der Waals surface area (Å²) in [6, 6.07) is 2.54. The molecule has 2 atom stereocenters. The van der Waals surface area contributed by atoms with E-state index < -0.39 is 0 Å². The molecule has 1 N–H and O–H groups in total. The van der Waals surface area contributed by atoms with Crippen molar-refractivity contribution in [3.8, 4) is 0 Å². The van der Waals surface area contributed by atoms with E-state index >= 15 is 0 Å². The molecule has 0 aromatic carbocycles. The number of rotatable bonds is 3. The number of fused-ring (bicyclic) bond motifs is 2. The monoisotopic (exact) mass is 334 g/mol. The van der Waals surface area contributed by atoms with Gasteiger partial charge in [0.2, 0.25) is 0 Å². The summed E-state index contributed by atoms with van der Waals surface area (Å²) in [5, 5.41) is 3.50. The summed E-state index contributed by atoms with van der Waals surface area (Å²) in [4.78, 5) is 8.40. The fraction of sp³-hybridized carbons (Fsp3) is 1.00. The Bertz CT molecular complexity index is 418. The van der Waals surface area contributed by atoms with Crippen molar-refractivity contribution < 1.29 is 0 Å². The van der Waals surface area contributed by atoms with Gasteiger partial charge in [-0.2, -0.15) is 0 Å². The van der Waals surface area contributed by atoms with E-state index in [9.17, 15) is 0 Å². The van der Waals surface area contributed by atoms with Crippen LogP contribution in [0.2, 0.25) is 0 Å². The minimum Gasteiger partial charge on any atom is -0.317 e. The predicted octanol–water partition coefficient (Wildman–Crippen LogP) is 2.01. The zero-order chi connectivity index (χ0) is 16.7. The minimum absolute atomic E-state index is 0.353. The molecule has 138 valence electrons. The van der Waals surface area contributed by atoms with E-state index in [2.05, 4.69) is 40.8 Å². The summed E-state index contributed by atoms with van der Waals surface area (Å²) in [6.07, 6.45) is 7.01. The van der Waals surface area contributed by atoms with Crippen LogP contribution < -0.4 is 5.32 Å². The zero-order valence-electron chi connectivity index (χ0n) is 16.1. The van der Waals surface area contributed by atoms with Gasteiger partial charge in [-0.1, -0.05) is 0 Å². The summed E-state index contributed by atoms with van der Waals surface area (Å²) < 4.78 is 0. The Morgan fingerprint density at radius 2 is 1.58 bits per heavy atom. The lowest BCUT2D eigenvalue weighted by Crippen LogP contribution is -2.54. The first-order valence-corrected chi connectivity index (χ1v) is 10.5. The van der Waals surface area contributed by atoms with Crippen LogP contribution in [0.4, 0.5) is 0 Å². The number of hydrogen-bond donors (Lipinski definition) is 1. The average molecular weight is 335 g/mol. The number of nitrogens with zero attached hydrogens (tertiary/aromatic N) is 3. The van der Waals surface area contributed by atoms with Gasteiger partial charge in [0, 0.05) is 43.3 Å². The van der Waals surface area contributed by atoms with Crippen molar-refractivity contribution in [1.82, 2.24) is 20.0 Å². The molecule has 4 saturated heterocycles. The molecule has 0 spiro atoms. The highest BCUT2D eigenvalue weighted by atomic mass is 15.4. The molecule has 4 aliphatic rings. The first kappa shape index (κ1) is 17.3. The number of hydrogen-bond acceptors (Lipinski definition) is 4. The highest BCUT2D eigenvalue weighted by molar-refractivity contribution is 5.03. The van der Waals surface area contributed by atoms with Gasteiger partial charge in [0.1, 0.15) is 0 Å². The van der Waals surface area contributed by atoms with Gasteiger partial charge in [-0.3, -0.25) is 9.80 Å². The number of piperazine rings is 1. The SMILES string of the molecule is CC(C)(C)N1CC2CC1CN2CC1CCN(C2CCNCC2)CC1. The summed E-state index contributed by atoms with van der Waals surface area (Å²) in [5.74, 6) is 0.949. The van der Waals surface area contributed by atoms with Crippen molar-refractivity contribution in [2.24, 2.45) is 5.92 Å². The van der Waals surface area contributed by atoms with E-state index in [1.165, 1.54) is 77.9 Å². The van der Waals surface area contributed by atoms with E-state index in [0.717, 1.165) is 24.0 Å². The molecule has 0 aromatic rings. The van der Waals surface area contributed by atoms with Gasteiger partial charge in [0.05, 0.1) is 0 Å². The van der Waals surface area contributed by atoms with E-state index in [0.29, 0.717) is 5.54 Å². The molecule has 4 aliphatic heterocycles. The van der Waals surface area contributed by atoms with Crippen LogP contribution in [0.5, 0.6) is 0 Å². The standard InChI is InChI=1S/C20H38N4/c1-20(2,3)24-15-18-12-19(24)14-23(18)13-16-6-10-22(11-7-16)17-4-8-21-9-5-17/h16-19,21H,4-15H2,1-3H3. The maximum Gasteiger partial charge on any atom is 0.0244 e. The smallest absolute Gasteiger partial charge is 0.0244 e. The third-order valence-corrected chi connectivity index (χ3v) is 7.18. The van der Waals surface area contributed by atoms with Crippen LogP contribution in [0.1, 0.15) is 52.9 Å². The highest BCUT2D eigenvalue weighted by Gasteiger charge is 2.47. The molecule has 4 heterocycles. The summed E-state index contributed by atoms with van der Waals surface area (Å²) in [7, 11) is 0. The van der Waals surface area contributed by atoms with Gasteiger partial charge >= 0.3 is 0 Å². The highest BCUT2D eigenvalue weighted by Crippen LogP contribution is 2.36. The quantitative estimate of drug-likeness (QED) is 0.852. The molecule has 2 unspecified atom stereocenters. The van der Waals surface area contributed by atoms with E-state index in [1.54, 1.807) is 0 Å². The molecule has 0 amide bonds. The van der Waals surface area contributed by atoms with Gasteiger partial charge in [-0.15, -0.1) is 0 Å². The second-order valence-corrected chi connectivity index (χ2v) is 9.78. The molecule has 0 aromatic heterocycles. The lowest BCUT2D eigenvalue weighted by molar-refractivity contribution is 0.0397. The Morgan fingerprint density at radius 1 is 0.875 bits per heavy atom. The second-order valence-electron chi connectivity index (χ2n) is 9.78. The van der Waals surface area contributed by atoms with Gasteiger partial charge in [0.25, 0.3) is 0 Å². The molecule has 2 bridgehead atoms. The van der Waals surface area contributed by atoms with Gasteiger partial charge in [-0.05, 0) is 85.0 Å². The maximum atomic E-state index is 3.50. The largest absolute Gasteiger partial charge is 0.317 e. The van der Waals surface area contributed by atoms with Crippen LogP contribution in [-0.2, 0) is 0 Å².